The monoisotopic (exact) mass is 273 g/mol. The maximum atomic E-state index is 5.82. The van der Waals surface area contributed by atoms with Crippen LogP contribution in [-0.2, 0) is 14.2 Å². The molecule has 0 rings (SSSR count). The summed E-state index contributed by atoms with van der Waals surface area (Å²) >= 11 is 0. The lowest BCUT2D eigenvalue weighted by Gasteiger charge is -2.24. The summed E-state index contributed by atoms with van der Waals surface area (Å²) in [4.78, 5) is 0. The Hall–Kier alpha value is -0.580. The van der Waals surface area contributed by atoms with E-state index in [-0.39, 0.29) is 18.6 Å². The normalized spacial score (nSPS) is 15.8. The van der Waals surface area contributed by atoms with Crippen molar-refractivity contribution in [1.29, 1.82) is 0 Å². The minimum atomic E-state index is -0.140. The van der Waals surface area contributed by atoms with Crippen LogP contribution < -0.4 is 5.32 Å². The predicted molar refractivity (Wildman–Crippen MR) is 78.6 cm³/mol. The summed E-state index contributed by atoms with van der Waals surface area (Å²) in [5.74, 6) is 0. The molecule has 0 saturated heterocycles. The molecule has 19 heavy (non-hydrogen) atoms. The first kappa shape index (κ1) is 18.4. The molecule has 0 amide bonds. The van der Waals surface area contributed by atoms with Crippen LogP contribution in [-0.4, -0.2) is 25.4 Å². The second-order valence-corrected chi connectivity index (χ2v) is 4.67. The average Bonchev–Trinajstić information content (AvgIpc) is 2.39. The summed E-state index contributed by atoms with van der Waals surface area (Å²) < 4.78 is 16.9. The van der Waals surface area contributed by atoms with E-state index in [1.807, 2.05) is 0 Å². The van der Waals surface area contributed by atoms with Crippen LogP contribution in [0.3, 0.4) is 0 Å². The first-order valence-electron chi connectivity index (χ1n) is 7.44. The second kappa shape index (κ2) is 12.5. The van der Waals surface area contributed by atoms with Gasteiger partial charge >= 0.3 is 0 Å². The third-order valence-electron chi connectivity index (χ3n) is 2.87. The van der Waals surface area contributed by atoms with Gasteiger partial charge in [-0.3, -0.25) is 5.32 Å². The Morgan fingerprint density at radius 1 is 1.16 bits per heavy atom. The number of hydrogen-bond donors (Lipinski definition) is 1. The van der Waals surface area contributed by atoms with Crippen molar-refractivity contribution < 1.29 is 14.2 Å². The summed E-state index contributed by atoms with van der Waals surface area (Å²) in [7, 11) is 0. The van der Waals surface area contributed by atoms with E-state index >= 15 is 0 Å². The van der Waals surface area contributed by atoms with Gasteiger partial charge in [0, 0.05) is 0 Å². The lowest BCUT2D eigenvalue weighted by Crippen LogP contribution is -2.35. The molecule has 0 aliphatic carbocycles. The van der Waals surface area contributed by atoms with Crippen LogP contribution in [0.5, 0.6) is 0 Å². The number of nitrogens with one attached hydrogen (secondary N) is 1. The topological polar surface area (TPSA) is 39.7 Å². The summed E-state index contributed by atoms with van der Waals surface area (Å²) in [5.41, 5.74) is 0. The van der Waals surface area contributed by atoms with Gasteiger partial charge in [0.1, 0.15) is 6.73 Å². The van der Waals surface area contributed by atoms with Gasteiger partial charge < -0.3 is 14.2 Å². The first-order valence-corrected chi connectivity index (χ1v) is 7.44. The molecule has 0 aliphatic rings. The lowest BCUT2D eigenvalue weighted by molar-refractivity contribution is -0.178. The van der Waals surface area contributed by atoms with Gasteiger partial charge in [0.2, 0.25) is 0 Å². The third kappa shape index (κ3) is 9.93. The molecule has 0 fully saturated rings. The van der Waals surface area contributed by atoms with Gasteiger partial charge in [0.25, 0.3) is 0 Å². The van der Waals surface area contributed by atoms with Gasteiger partial charge in [-0.05, 0) is 26.2 Å². The maximum Gasteiger partial charge on any atom is 0.159 e. The van der Waals surface area contributed by atoms with E-state index in [0.29, 0.717) is 6.73 Å². The Labute approximate surface area is 118 Å². The number of hydrogen-bond acceptors (Lipinski definition) is 4. The molecule has 0 heterocycles. The third-order valence-corrected chi connectivity index (χ3v) is 2.87. The zero-order valence-corrected chi connectivity index (χ0v) is 13.0. The lowest BCUT2D eigenvalue weighted by atomic mass is 10.3. The molecule has 0 aromatic heterocycles. The average molecular weight is 273 g/mol. The second-order valence-electron chi connectivity index (χ2n) is 4.67. The molecule has 0 saturated carbocycles. The fourth-order valence-corrected chi connectivity index (χ4v) is 1.61. The molecule has 0 radical (unpaired) electrons. The van der Waals surface area contributed by atoms with Gasteiger partial charge in [0.15, 0.2) is 12.5 Å². The zero-order valence-electron chi connectivity index (χ0n) is 13.0. The van der Waals surface area contributed by atoms with Crippen LogP contribution in [0.1, 0.15) is 59.8 Å². The fourth-order valence-electron chi connectivity index (χ4n) is 1.61. The molecule has 0 bridgehead atoms. The summed E-state index contributed by atoms with van der Waals surface area (Å²) in [6.45, 7) is 12.4. The molecular formula is C15H31NO3. The summed E-state index contributed by atoms with van der Waals surface area (Å²) in [5, 5.41) is 3.21. The number of rotatable bonds is 13. The van der Waals surface area contributed by atoms with Gasteiger partial charge in [-0.2, -0.15) is 0 Å². The van der Waals surface area contributed by atoms with Crippen molar-refractivity contribution in [3.63, 3.8) is 0 Å². The highest BCUT2D eigenvalue weighted by Gasteiger charge is 2.13. The molecule has 1 N–H and O–H groups in total. The van der Waals surface area contributed by atoms with Crippen molar-refractivity contribution in [3.05, 3.63) is 12.8 Å². The molecule has 3 atom stereocenters. The van der Waals surface area contributed by atoms with Crippen LogP contribution in [0.15, 0.2) is 12.8 Å². The van der Waals surface area contributed by atoms with E-state index in [0.717, 1.165) is 32.1 Å². The fraction of sp³-hybridized carbons (Fsp3) is 0.867. The van der Waals surface area contributed by atoms with Crippen LogP contribution in [0.4, 0.5) is 0 Å². The summed E-state index contributed by atoms with van der Waals surface area (Å²) in [6.07, 6.45) is 6.45. The molecule has 0 spiro atoms. The largest absolute Gasteiger partial charge is 0.484 e. The molecule has 0 aromatic carbocycles. The molecule has 0 aliphatic heterocycles. The van der Waals surface area contributed by atoms with Crippen molar-refractivity contribution in [2.75, 3.05) is 6.73 Å². The molecule has 3 unspecified atom stereocenters. The molecule has 0 aromatic rings. The molecular weight excluding hydrogens is 242 g/mol. The van der Waals surface area contributed by atoms with Crippen LogP contribution in [0.2, 0.25) is 0 Å². The van der Waals surface area contributed by atoms with E-state index in [1.54, 1.807) is 0 Å². The van der Waals surface area contributed by atoms with Gasteiger partial charge in [-0.25, -0.2) is 0 Å². The Balaban J connectivity index is 3.97. The quantitative estimate of drug-likeness (QED) is 0.409. The van der Waals surface area contributed by atoms with Crippen molar-refractivity contribution in [1.82, 2.24) is 5.32 Å². The van der Waals surface area contributed by atoms with Crippen LogP contribution in [0, 0.1) is 0 Å². The van der Waals surface area contributed by atoms with Crippen molar-refractivity contribution in [3.8, 4) is 0 Å². The molecule has 114 valence electrons. The SMILES string of the molecule is C=COC(CCC)NCOC(CCC)OC(C)CC. The highest BCUT2D eigenvalue weighted by atomic mass is 16.7. The molecule has 4 nitrogen and oxygen atoms in total. The molecule has 4 heteroatoms. The van der Waals surface area contributed by atoms with Crippen molar-refractivity contribution in [2.45, 2.75) is 78.4 Å². The van der Waals surface area contributed by atoms with Gasteiger partial charge in [0.05, 0.1) is 12.4 Å². The van der Waals surface area contributed by atoms with Gasteiger partial charge in [-0.1, -0.05) is 40.2 Å². The van der Waals surface area contributed by atoms with Crippen LogP contribution >= 0.6 is 0 Å². The highest BCUT2D eigenvalue weighted by Crippen LogP contribution is 2.09. The van der Waals surface area contributed by atoms with E-state index in [4.69, 9.17) is 14.2 Å². The standard InChI is InChI=1S/C15H31NO3/c1-6-10-14(17-9-4)16-12-18-15(11-7-2)19-13(5)8-3/h9,13-16H,4,6-8,10-12H2,1-3,5H3. The Morgan fingerprint density at radius 2 is 1.84 bits per heavy atom. The zero-order chi connectivity index (χ0) is 14.5. The first-order chi connectivity index (χ1) is 9.17. The van der Waals surface area contributed by atoms with E-state index in [2.05, 4.69) is 39.6 Å². The summed E-state index contributed by atoms with van der Waals surface area (Å²) in [6, 6.07) is 0. The maximum absolute atomic E-state index is 5.82. The Morgan fingerprint density at radius 3 is 2.37 bits per heavy atom. The highest BCUT2D eigenvalue weighted by molar-refractivity contribution is 4.59. The van der Waals surface area contributed by atoms with E-state index in [1.165, 1.54) is 6.26 Å². The predicted octanol–water partition coefficient (Wildman–Crippen LogP) is 3.78. The minimum absolute atomic E-state index is 0.0339. The van der Waals surface area contributed by atoms with E-state index < -0.39 is 0 Å². The Bertz CT molecular complexity index is 212. The van der Waals surface area contributed by atoms with Crippen LogP contribution in [0.25, 0.3) is 0 Å². The van der Waals surface area contributed by atoms with Gasteiger partial charge in [-0.15, -0.1) is 0 Å². The number of ether oxygens (including phenoxy) is 3. The van der Waals surface area contributed by atoms with Crippen molar-refractivity contribution in [2.24, 2.45) is 0 Å². The minimum Gasteiger partial charge on any atom is -0.484 e. The Kier molecular flexibility index (Phi) is 12.1. The van der Waals surface area contributed by atoms with Crippen molar-refractivity contribution >= 4 is 0 Å². The smallest absolute Gasteiger partial charge is 0.159 e. The van der Waals surface area contributed by atoms with E-state index in [9.17, 15) is 0 Å².